The highest BCUT2D eigenvalue weighted by molar-refractivity contribution is 5.95. The van der Waals surface area contributed by atoms with E-state index in [1.807, 2.05) is 18.2 Å². The summed E-state index contributed by atoms with van der Waals surface area (Å²) >= 11 is 0. The number of anilines is 1. The summed E-state index contributed by atoms with van der Waals surface area (Å²) in [5.74, 6) is -0.663. The Bertz CT molecular complexity index is 534. The number of aliphatic carboxylic acids is 1. The van der Waals surface area contributed by atoms with Gasteiger partial charge in [-0.05, 0) is 43.9 Å². The number of fused-ring (bicyclic) bond motifs is 1. The first kappa shape index (κ1) is 13.6. The van der Waals surface area contributed by atoms with Gasteiger partial charge in [0, 0.05) is 19.2 Å². The Morgan fingerprint density at radius 2 is 2.05 bits per heavy atom. The van der Waals surface area contributed by atoms with E-state index < -0.39 is 11.4 Å². The molecular weight excluding hydrogens is 242 g/mol. The Hall–Kier alpha value is -1.84. The van der Waals surface area contributed by atoms with Crippen molar-refractivity contribution >= 4 is 17.6 Å². The molecule has 1 aromatic carbocycles. The van der Waals surface area contributed by atoms with Crippen LogP contribution in [0.5, 0.6) is 0 Å². The minimum absolute atomic E-state index is 0.131. The molecule has 1 amide bonds. The molecule has 1 N–H and O–H groups in total. The molecule has 0 fully saturated rings. The summed E-state index contributed by atoms with van der Waals surface area (Å²) in [6.07, 6.45) is 1.75. The molecule has 0 aromatic heterocycles. The molecule has 1 aromatic rings. The van der Waals surface area contributed by atoms with Crippen molar-refractivity contribution in [3.05, 3.63) is 29.3 Å². The molecule has 1 aliphatic rings. The van der Waals surface area contributed by atoms with Gasteiger partial charge in [-0.3, -0.25) is 9.59 Å². The quantitative estimate of drug-likeness (QED) is 0.908. The molecular formula is C15H19NO3. The highest BCUT2D eigenvalue weighted by Crippen LogP contribution is 2.30. The smallest absolute Gasteiger partial charge is 0.309 e. The summed E-state index contributed by atoms with van der Waals surface area (Å²) in [4.78, 5) is 24.4. The van der Waals surface area contributed by atoms with E-state index in [-0.39, 0.29) is 5.91 Å². The van der Waals surface area contributed by atoms with Gasteiger partial charge in [0.2, 0.25) is 5.91 Å². The molecule has 2 rings (SSSR count). The van der Waals surface area contributed by atoms with E-state index in [0.29, 0.717) is 12.8 Å². The van der Waals surface area contributed by atoms with Crippen LogP contribution in [-0.4, -0.2) is 24.0 Å². The lowest BCUT2D eigenvalue weighted by Gasteiger charge is -2.27. The van der Waals surface area contributed by atoms with Gasteiger partial charge in [-0.25, -0.2) is 0 Å². The first-order valence-electron chi connectivity index (χ1n) is 6.43. The number of carboxylic acids is 1. The van der Waals surface area contributed by atoms with Crippen LogP contribution < -0.4 is 4.90 Å². The third-order valence-electron chi connectivity index (χ3n) is 3.71. The number of hydrogen-bond acceptors (Lipinski definition) is 2. The first-order valence-corrected chi connectivity index (χ1v) is 6.43. The van der Waals surface area contributed by atoms with Crippen molar-refractivity contribution in [1.29, 1.82) is 0 Å². The van der Waals surface area contributed by atoms with E-state index in [1.165, 1.54) is 0 Å². The normalized spacial score (nSPS) is 15.3. The number of amides is 1. The van der Waals surface area contributed by atoms with Gasteiger partial charge >= 0.3 is 5.97 Å². The molecule has 0 radical (unpaired) electrons. The summed E-state index contributed by atoms with van der Waals surface area (Å²) in [5.41, 5.74) is 2.30. The molecule has 0 atom stereocenters. The predicted molar refractivity (Wildman–Crippen MR) is 73.3 cm³/mol. The summed E-state index contributed by atoms with van der Waals surface area (Å²) < 4.78 is 0. The van der Waals surface area contributed by atoms with Crippen LogP contribution in [0, 0.1) is 5.41 Å². The number of aryl methyl sites for hydroxylation is 1. The highest BCUT2D eigenvalue weighted by Gasteiger charge is 2.28. The SMILES string of the molecule is CN1C(=O)CCc2cc(CC(C)(C)C(=O)O)ccc21. The van der Waals surface area contributed by atoms with Crippen LogP contribution in [0.2, 0.25) is 0 Å². The number of carbonyl (C=O) groups excluding carboxylic acids is 1. The second kappa shape index (κ2) is 4.68. The Kier molecular flexibility index (Phi) is 3.35. The maximum atomic E-state index is 11.6. The van der Waals surface area contributed by atoms with Gasteiger partial charge in [0.25, 0.3) is 0 Å². The van der Waals surface area contributed by atoms with E-state index >= 15 is 0 Å². The lowest BCUT2D eigenvalue weighted by Crippen LogP contribution is -2.31. The van der Waals surface area contributed by atoms with Crippen molar-refractivity contribution in [3.63, 3.8) is 0 Å². The van der Waals surface area contributed by atoms with Crippen molar-refractivity contribution < 1.29 is 14.7 Å². The molecule has 1 aliphatic heterocycles. The van der Waals surface area contributed by atoms with Crippen LogP contribution in [0.1, 0.15) is 31.4 Å². The summed E-state index contributed by atoms with van der Waals surface area (Å²) in [5, 5.41) is 9.16. The number of carbonyl (C=O) groups is 2. The van der Waals surface area contributed by atoms with Crippen molar-refractivity contribution in [3.8, 4) is 0 Å². The molecule has 0 saturated heterocycles. The van der Waals surface area contributed by atoms with Crippen LogP contribution in [0.15, 0.2) is 18.2 Å². The van der Waals surface area contributed by atoms with E-state index in [9.17, 15) is 9.59 Å². The fourth-order valence-electron chi connectivity index (χ4n) is 2.41. The second-order valence-electron chi connectivity index (χ2n) is 5.78. The van der Waals surface area contributed by atoms with Crippen molar-refractivity contribution in [2.24, 2.45) is 5.41 Å². The maximum absolute atomic E-state index is 11.6. The van der Waals surface area contributed by atoms with Crippen LogP contribution >= 0.6 is 0 Å². The molecule has 19 heavy (non-hydrogen) atoms. The number of benzene rings is 1. The molecule has 0 unspecified atom stereocenters. The summed E-state index contributed by atoms with van der Waals surface area (Å²) in [6, 6.07) is 5.86. The average Bonchev–Trinajstić information content (AvgIpc) is 2.33. The Balaban J connectivity index is 2.28. The van der Waals surface area contributed by atoms with Crippen molar-refractivity contribution in [2.75, 3.05) is 11.9 Å². The maximum Gasteiger partial charge on any atom is 0.309 e. The van der Waals surface area contributed by atoms with E-state index in [4.69, 9.17) is 5.11 Å². The molecule has 0 aliphatic carbocycles. The lowest BCUT2D eigenvalue weighted by atomic mass is 9.85. The fraction of sp³-hybridized carbons (Fsp3) is 0.467. The Morgan fingerprint density at radius 1 is 1.37 bits per heavy atom. The minimum atomic E-state index is -0.794. The largest absolute Gasteiger partial charge is 0.481 e. The minimum Gasteiger partial charge on any atom is -0.481 e. The molecule has 0 spiro atoms. The van der Waals surface area contributed by atoms with Gasteiger partial charge < -0.3 is 10.0 Å². The predicted octanol–water partition coefficient (Wildman–Crippen LogP) is 2.25. The topological polar surface area (TPSA) is 57.6 Å². The standard InChI is InChI=1S/C15H19NO3/c1-15(2,14(18)19)9-10-4-6-12-11(8-10)5-7-13(17)16(12)3/h4,6,8H,5,7,9H2,1-3H3,(H,18,19). The molecule has 102 valence electrons. The molecule has 0 saturated carbocycles. The third-order valence-corrected chi connectivity index (χ3v) is 3.71. The van der Waals surface area contributed by atoms with E-state index in [0.717, 1.165) is 23.2 Å². The van der Waals surface area contributed by atoms with Crippen molar-refractivity contribution in [2.45, 2.75) is 33.1 Å². The Labute approximate surface area is 113 Å². The molecule has 4 nitrogen and oxygen atoms in total. The molecule has 4 heteroatoms. The van der Waals surface area contributed by atoms with E-state index in [2.05, 4.69) is 0 Å². The van der Waals surface area contributed by atoms with Gasteiger partial charge in [0.1, 0.15) is 0 Å². The zero-order chi connectivity index (χ0) is 14.2. The van der Waals surface area contributed by atoms with Crippen molar-refractivity contribution in [1.82, 2.24) is 0 Å². The van der Waals surface area contributed by atoms with Gasteiger partial charge in [-0.2, -0.15) is 0 Å². The fourth-order valence-corrected chi connectivity index (χ4v) is 2.41. The monoisotopic (exact) mass is 261 g/mol. The van der Waals surface area contributed by atoms with Gasteiger partial charge in [0.05, 0.1) is 5.41 Å². The first-order chi connectivity index (χ1) is 8.81. The zero-order valence-electron chi connectivity index (χ0n) is 11.6. The molecule has 0 bridgehead atoms. The highest BCUT2D eigenvalue weighted by atomic mass is 16.4. The lowest BCUT2D eigenvalue weighted by molar-refractivity contribution is -0.146. The molecule has 1 heterocycles. The van der Waals surface area contributed by atoms with Crippen LogP contribution in [0.25, 0.3) is 0 Å². The van der Waals surface area contributed by atoms with Gasteiger partial charge in [-0.1, -0.05) is 12.1 Å². The average molecular weight is 261 g/mol. The van der Waals surface area contributed by atoms with Gasteiger partial charge in [-0.15, -0.1) is 0 Å². The van der Waals surface area contributed by atoms with Crippen LogP contribution in [0.4, 0.5) is 5.69 Å². The van der Waals surface area contributed by atoms with Crippen LogP contribution in [-0.2, 0) is 22.4 Å². The number of nitrogens with zero attached hydrogens (tertiary/aromatic N) is 1. The van der Waals surface area contributed by atoms with E-state index in [1.54, 1.807) is 25.8 Å². The van der Waals surface area contributed by atoms with Crippen LogP contribution in [0.3, 0.4) is 0 Å². The number of carboxylic acid groups (broad SMARTS) is 1. The van der Waals surface area contributed by atoms with Gasteiger partial charge in [0.15, 0.2) is 0 Å². The number of rotatable bonds is 3. The Morgan fingerprint density at radius 3 is 2.68 bits per heavy atom. The zero-order valence-corrected chi connectivity index (χ0v) is 11.6. The second-order valence-corrected chi connectivity index (χ2v) is 5.78. The third kappa shape index (κ3) is 2.62. The summed E-state index contributed by atoms with van der Waals surface area (Å²) in [7, 11) is 1.78. The number of hydrogen-bond donors (Lipinski definition) is 1. The summed E-state index contributed by atoms with van der Waals surface area (Å²) in [6.45, 7) is 3.45.